The smallest absolute Gasteiger partial charge is 0.260 e. The van der Waals surface area contributed by atoms with Crippen LogP contribution in [0.5, 0.6) is 0 Å². The van der Waals surface area contributed by atoms with Gasteiger partial charge in [-0.05, 0) is 85.9 Å². The summed E-state index contributed by atoms with van der Waals surface area (Å²) < 4.78 is 13.3. The van der Waals surface area contributed by atoms with Crippen LogP contribution in [0.4, 0.5) is 10.1 Å². The largest absolute Gasteiger partial charge is 0.349 e. The van der Waals surface area contributed by atoms with Gasteiger partial charge in [0, 0.05) is 30.1 Å². The maximum Gasteiger partial charge on any atom is 0.260 e. The van der Waals surface area contributed by atoms with Crippen LogP contribution in [0.25, 0.3) is 0 Å². The van der Waals surface area contributed by atoms with Gasteiger partial charge in [0.25, 0.3) is 11.5 Å². The third-order valence-electron chi connectivity index (χ3n) is 7.63. The zero-order chi connectivity index (χ0) is 25.0. The van der Waals surface area contributed by atoms with Gasteiger partial charge in [0.15, 0.2) is 0 Å². The summed E-state index contributed by atoms with van der Waals surface area (Å²) in [6.07, 6.45) is 10.5. The van der Waals surface area contributed by atoms with E-state index in [1.807, 2.05) is 0 Å². The summed E-state index contributed by atoms with van der Waals surface area (Å²) in [5.74, 6) is -0.388. The lowest BCUT2D eigenvalue weighted by Crippen LogP contribution is -2.41. The molecule has 184 valence electrons. The van der Waals surface area contributed by atoms with E-state index in [2.05, 4.69) is 30.2 Å². The molecule has 0 radical (unpaired) electrons. The highest BCUT2D eigenvalue weighted by molar-refractivity contribution is 6.08. The number of allylic oxidation sites excluding steroid dienone is 2. The van der Waals surface area contributed by atoms with Gasteiger partial charge in [0.2, 0.25) is 0 Å². The zero-order valence-electron chi connectivity index (χ0n) is 20.3. The van der Waals surface area contributed by atoms with Crippen molar-refractivity contribution in [1.29, 1.82) is 5.41 Å². The van der Waals surface area contributed by atoms with Gasteiger partial charge in [-0.25, -0.2) is 4.39 Å². The van der Waals surface area contributed by atoms with E-state index in [0.29, 0.717) is 11.6 Å². The average Bonchev–Trinajstić information content (AvgIpc) is 3.15. The maximum atomic E-state index is 13.3. The third-order valence-corrected chi connectivity index (χ3v) is 7.63. The topological polar surface area (TPSA) is 98.2 Å². The minimum Gasteiger partial charge on any atom is -0.349 e. The SMILES string of the molecule is CCCC(CC1CCC2=CC(=Nc3ccc(F)cc3)C(C=N)CC21C)NC(=O)c1ccc[nH]c1=O. The number of H-pyrrole nitrogens is 1. The number of aliphatic imine (C=N–C) groups is 1. The van der Waals surface area contributed by atoms with Crippen LogP contribution in [0.3, 0.4) is 0 Å². The number of nitrogens with zero attached hydrogens (tertiary/aromatic N) is 1. The van der Waals surface area contributed by atoms with Crippen molar-refractivity contribution in [3.63, 3.8) is 0 Å². The maximum absolute atomic E-state index is 13.3. The second-order valence-corrected chi connectivity index (χ2v) is 9.92. The number of nitrogens with one attached hydrogen (secondary N) is 3. The number of hydrogen-bond acceptors (Lipinski definition) is 4. The van der Waals surface area contributed by atoms with Gasteiger partial charge in [0.1, 0.15) is 11.4 Å². The molecule has 0 spiro atoms. The summed E-state index contributed by atoms with van der Waals surface area (Å²) in [5.41, 5.74) is 2.54. The Hall–Kier alpha value is -3.35. The molecule has 6 nitrogen and oxygen atoms in total. The van der Waals surface area contributed by atoms with E-state index in [9.17, 15) is 14.0 Å². The van der Waals surface area contributed by atoms with Gasteiger partial charge in [0.05, 0.1) is 5.69 Å². The standard InChI is InChI=1S/C28H33FN4O2/c1-3-5-23(33-27(35)24-6-4-13-31-26(24)34)14-19-7-8-20-15-25(18(17-30)16-28(19,20)2)32-22-11-9-21(29)10-12-22/h4,6,9-13,15,17-19,23,30H,3,5,7-8,14,16H2,1-2H3,(H,31,34)(H,33,35). The Morgan fingerprint density at radius 2 is 2.11 bits per heavy atom. The molecule has 4 rings (SSSR count). The van der Waals surface area contributed by atoms with Gasteiger partial charge < -0.3 is 15.7 Å². The molecule has 1 aromatic heterocycles. The lowest BCUT2D eigenvalue weighted by molar-refractivity contribution is 0.0918. The van der Waals surface area contributed by atoms with Crippen LogP contribution in [-0.2, 0) is 0 Å². The number of fused-ring (bicyclic) bond motifs is 1. The van der Waals surface area contributed by atoms with Crippen molar-refractivity contribution in [3.8, 4) is 0 Å². The fourth-order valence-corrected chi connectivity index (χ4v) is 5.68. The molecule has 4 atom stereocenters. The lowest BCUT2D eigenvalue weighted by atomic mass is 9.65. The molecule has 0 aliphatic heterocycles. The van der Waals surface area contributed by atoms with Gasteiger partial charge in [-0.3, -0.25) is 14.6 Å². The predicted octanol–water partition coefficient (Wildman–Crippen LogP) is 5.59. The van der Waals surface area contributed by atoms with Gasteiger partial charge in [-0.2, -0.15) is 0 Å². The van der Waals surface area contributed by atoms with Gasteiger partial charge >= 0.3 is 0 Å². The van der Waals surface area contributed by atoms with Crippen LogP contribution in [0.1, 0.15) is 62.7 Å². The molecule has 7 heteroatoms. The van der Waals surface area contributed by atoms with Crippen LogP contribution in [0.2, 0.25) is 0 Å². The Bertz CT molecular complexity index is 1200. The van der Waals surface area contributed by atoms with E-state index >= 15 is 0 Å². The normalized spacial score (nSPS) is 25.6. The molecule has 1 amide bonds. The number of carbonyl (C=O) groups excluding carboxylic acids is 1. The highest BCUT2D eigenvalue weighted by Crippen LogP contribution is 2.55. The van der Waals surface area contributed by atoms with Crippen molar-refractivity contribution in [2.24, 2.45) is 22.2 Å². The van der Waals surface area contributed by atoms with Crippen LogP contribution < -0.4 is 10.9 Å². The van der Waals surface area contributed by atoms with E-state index in [0.717, 1.165) is 44.2 Å². The molecule has 35 heavy (non-hydrogen) atoms. The van der Waals surface area contributed by atoms with E-state index < -0.39 is 0 Å². The van der Waals surface area contributed by atoms with Crippen molar-refractivity contribution in [3.05, 3.63) is 76.0 Å². The first-order valence-corrected chi connectivity index (χ1v) is 12.4. The summed E-state index contributed by atoms with van der Waals surface area (Å²) >= 11 is 0. The van der Waals surface area contributed by atoms with Crippen LogP contribution in [0, 0.1) is 28.5 Å². The first-order valence-electron chi connectivity index (χ1n) is 12.4. The lowest BCUT2D eigenvalue weighted by Gasteiger charge is -2.40. The molecule has 1 aromatic carbocycles. The Kier molecular flexibility index (Phi) is 7.43. The van der Waals surface area contributed by atoms with Gasteiger partial charge in [-0.1, -0.05) is 25.8 Å². The molecule has 0 saturated heterocycles. The summed E-state index contributed by atoms with van der Waals surface area (Å²) in [4.78, 5) is 32.2. The molecule has 1 heterocycles. The molecule has 3 N–H and O–H groups in total. The van der Waals surface area contributed by atoms with Crippen molar-refractivity contribution in [2.45, 2.75) is 58.4 Å². The van der Waals surface area contributed by atoms with Crippen molar-refractivity contribution in [1.82, 2.24) is 10.3 Å². The number of halogens is 1. The molecule has 2 aliphatic rings. The molecule has 1 fully saturated rings. The third kappa shape index (κ3) is 5.34. The van der Waals surface area contributed by atoms with E-state index in [1.165, 1.54) is 30.1 Å². The first-order chi connectivity index (χ1) is 16.8. The quantitative estimate of drug-likeness (QED) is 0.433. The van der Waals surface area contributed by atoms with Crippen LogP contribution >= 0.6 is 0 Å². The summed E-state index contributed by atoms with van der Waals surface area (Å²) in [6, 6.07) is 9.29. The number of aromatic amines is 1. The van der Waals surface area contributed by atoms with Crippen molar-refractivity contribution >= 4 is 23.5 Å². The van der Waals surface area contributed by atoms with E-state index in [4.69, 9.17) is 10.4 Å². The second kappa shape index (κ2) is 10.5. The number of amides is 1. The molecule has 0 bridgehead atoms. The van der Waals surface area contributed by atoms with E-state index in [-0.39, 0.29) is 40.2 Å². The second-order valence-electron chi connectivity index (χ2n) is 9.92. The van der Waals surface area contributed by atoms with Crippen molar-refractivity contribution in [2.75, 3.05) is 0 Å². The summed E-state index contributed by atoms with van der Waals surface area (Å²) in [6.45, 7) is 4.37. The Morgan fingerprint density at radius 1 is 1.34 bits per heavy atom. The molecular weight excluding hydrogens is 443 g/mol. The number of benzene rings is 1. The predicted molar refractivity (Wildman–Crippen MR) is 137 cm³/mol. The minimum atomic E-state index is -0.382. The molecular formula is C28H33FN4O2. The number of pyridine rings is 1. The fraction of sp³-hybridized carbons (Fsp3) is 0.429. The monoisotopic (exact) mass is 476 g/mol. The fourth-order valence-electron chi connectivity index (χ4n) is 5.68. The Labute approximate surface area is 205 Å². The van der Waals surface area contributed by atoms with E-state index in [1.54, 1.807) is 24.3 Å². The molecule has 1 saturated carbocycles. The Morgan fingerprint density at radius 3 is 2.80 bits per heavy atom. The minimum absolute atomic E-state index is 0.0269. The highest BCUT2D eigenvalue weighted by Gasteiger charge is 2.47. The van der Waals surface area contributed by atoms with Crippen LogP contribution in [0.15, 0.2) is 64.0 Å². The number of rotatable bonds is 8. The molecule has 2 aliphatic carbocycles. The molecule has 4 unspecified atom stereocenters. The number of carbonyl (C=O) groups is 1. The number of hydrogen-bond donors (Lipinski definition) is 3. The van der Waals surface area contributed by atoms with Crippen molar-refractivity contribution < 1.29 is 9.18 Å². The zero-order valence-corrected chi connectivity index (χ0v) is 20.3. The first kappa shape index (κ1) is 24.8. The number of aromatic nitrogens is 1. The Balaban J connectivity index is 1.54. The average molecular weight is 477 g/mol. The summed E-state index contributed by atoms with van der Waals surface area (Å²) in [5, 5.41) is 11.2. The highest BCUT2D eigenvalue weighted by atomic mass is 19.1. The van der Waals surface area contributed by atoms with Crippen LogP contribution in [-0.4, -0.2) is 28.9 Å². The van der Waals surface area contributed by atoms with Gasteiger partial charge in [-0.15, -0.1) is 0 Å². The summed E-state index contributed by atoms with van der Waals surface area (Å²) in [7, 11) is 0. The molecule has 2 aromatic rings.